The van der Waals surface area contributed by atoms with E-state index in [9.17, 15) is 4.79 Å². The molecule has 1 saturated heterocycles. The van der Waals surface area contributed by atoms with E-state index in [1.807, 2.05) is 60.7 Å². The Morgan fingerprint density at radius 2 is 1.59 bits per heavy atom. The Labute approximate surface area is 175 Å². The number of nitrogens with one attached hydrogen (secondary N) is 1. The summed E-state index contributed by atoms with van der Waals surface area (Å²) in [5.74, 6) is -0.206. The highest BCUT2D eigenvalue weighted by atomic mass is 32.2. The van der Waals surface area contributed by atoms with Crippen LogP contribution < -0.4 is 10.3 Å². The van der Waals surface area contributed by atoms with Gasteiger partial charge in [-0.1, -0.05) is 48.2 Å². The van der Waals surface area contributed by atoms with Gasteiger partial charge in [-0.15, -0.1) is 0 Å². The van der Waals surface area contributed by atoms with Gasteiger partial charge in [0.2, 0.25) is 0 Å². The third kappa shape index (κ3) is 5.06. The molecule has 1 aliphatic rings. The Morgan fingerprint density at radius 1 is 0.897 bits per heavy atom. The summed E-state index contributed by atoms with van der Waals surface area (Å²) in [4.78, 5) is 17.0. The maximum absolute atomic E-state index is 12.4. The van der Waals surface area contributed by atoms with Crippen molar-refractivity contribution in [2.75, 3.05) is 18.0 Å². The van der Waals surface area contributed by atoms with Crippen LogP contribution in [-0.4, -0.2) is 25.2 Å². The van der Waals surface area contributed by atoms with E-state index in [0.29, 0.717) is 5.56 Å². The van der Waals surface area contributed by atoms with E-state index < -0.39 is 0 Å². The van der Waals surface area contributed by atoms with Gasteiger partial charge < -0.3 is 4.90 Å². The van der Waals surface area contributed by atoms with Crippen molar-refractivity contribution in [2.24, 2.45) is 5.10 Å². The van der Waals surface area contributed by atoms with Gasteiger partial charge in [0, 0.05) is 39.7 Å². The van der Waals surface area contributed by atoms with E-state index in [-0.39, 0.29) is 5.91 Å². The predicted octanol–water partition coefficient (Wildman–Crippen LogP) is 5.20. The molecular formula is C24H23N3OS. The average molecular weight is 402 g/mol. The first-order valence-corrected chi connectivity index (χ1v) is 10.6. The summed E-state index contributed by atoms with van der Waals surface area (Å²) in [6, 6.07) is 26.0. The molecule has 3 aromatic rings. The molecule has 0 spiro atoms. The molecule has 29 heavy (non-hydrogen) atoms. The summed E-state index contributed by atoms with van der Waals surface area (Å²) >= 11 is 1.67. The summed E-state index contributed by atoms with van der Waals surface area (Å²) in [7, 11) is 0. The molecule has 0 atom stereocenters. The molecule has 0 radical (unpaired) electrons. The number of rotatable bonds is 6. The van der Waals surface area contributed by atoms with Crippen molar-refractivity contribution < 1.29 is 4.79 Å². The molecule has 3 aromatic carbocycles. The van der Waals surface area contributed by atoms with E-state index in [1.165, 1.54) is 18.5 Å². The van der Waals surface area contributed by atoms with Gasteiger partial charge in [-0.25, -0.2) is 5.43 Å². The van der Waals surface area contributed by atoms with Crippen LogP contribution in [0.25, 0.3) is 0 Å². The first-order chi connectivity index (χ1) is 14.3. The quantitative estimate of drug-likeness (QED) is 0.456. The highest BCUT2D eigenvalue weighted by Gasteiger charge is 2.13. The molecule has 1 amide bonds. The molecule has 0 bridgehead atoms. The van der Waals surface area contributed by atoms with Gasteiger partial charge in [0.1, 0.15) is 0 Å². The first kappa shape index (κ1) is 19.3. The Hall–Kier alpha value is -3.05. The van der Waals surface area contributed by atoms with Crippen molar-refractivity contribution in [1.82, 2.24) is 5.43 Å². The van der Waals surface area contributed by atoms with E-state index in [0.717, 1.165) is 28.4 Å². The number of carbonyl (C=O) groups excluding carboxylic acids is 1. The summed E-state index contributed by atoms with van der Waals surface area (Å²) in [6.07, 6.45) is 4.17. The highest BCUT2D eigenvalue weighted by molar-refractivity contribution is 7.99. The Kier molecular flexibility index (Phi) is 6.27. The van der Waals surface area contributed by atoms with Crippen LogP contribution in [0.3, 0.4) is 0 Å². The van der Waals surface area contributed by atoms with Crippen molar-refractivity contribution in [1.29, 1.82) is 0 Å². The van der Waals surface area contributed by atoms with Crippen LogP contribution in [0.5, 0.6) is 0 Å². The maximum Gasteiger partial charge on any atom is 0.271 e. The lowest BCUT2D eigenvalue weighted by atomic mass is 10.2. The van der Waals surface area contributed by atoms with Gasteiger partial charge in [0.15, 0.2) is 0 Å². The molecule has 1 fully saturated rings. The van der Waals surface area contributed by atoms with Gasteiger partial charge >= 0.3 is 0 Å². The van der Waals surface area contributed by atoms with Crippen LogP contribution in [0.4, 0.5) is 5.69 Å². The van der Waals surface area contributed by atoms with E-state index in [4.69, 9.17) is 0 Å². The minimum absolute atomic E-state index is 0.206. The topological polar surface area (TPSA) is 44.7 Å². The minimum atomic E-state index is -0.206. The number of hydrogen-bond donors (Lipinski definition) is 1. The third-order valence-electron chi connectivity index (χ3n) is 4.86. The van der Waals surface area contributed by atoms with Crippen LogP contribution in [0.1, 0.15) is 28.8 Å². The molecular weight excluding hydrogens is 378 g/mol. The van der Waals surface area contributed by atoms with Crippen molar-refractivity contribution in [3.63, 3.8) is 0 Å². The van der Waals surface area contributed by atoms with Crippen molar-refractivity contribution >= 4 is 29.6 Å². The van der Waals surface area contributed by atoms with Crippen molar-refractivity contribution in [3.05, 3.63) is 90.0 Å². The molecule has 0 aliphatic carbocycles. The fourth-order valence-corrected chi connectivity index (χ4v) is 4.25. The zero-order chi connectivity index (χ0) is 19.9. The first-order valence-electron chi connectivity index (χ1n) is 9.80. The molecule has 0 saturated carbocycles. The lowest BCUT2D eigenvalue weighted by molar-refractivity contribution is 0.0955. The molecule has 1 heterocycles. The lowest BCUT2D eigenvalue weighted by Gasteiger charge is -2.17. The van der Waals surface area contributed by atoms with Crippen LogP contribution >= 0.6 is 11.8 Å². The standard InChI is InChI=1S/C24H23N3OS/c28-24(19-12-14-21(15-13-19)27-16-6-7-17-27)26-25-18-20-8-4-5-11-23(20)29-22-9-2-1-3-10-22/h1-5,8-15,18H,6-7,16-17H2,(H,26,28)/b25-18-. The molecule has 5 heteroatoms. The molecule has 0 aromatic heterocycles. The van der Waals surface area contributed by atoms with Crippen LogP contribution in [0, 0.1) is 0 Å². The summed E-state index contributed by atoms with van der Waals surface area (Å²) < 4.78 is 0. The average Bonchev–Trinajstić information content (AvgIpc) is 3.31. The van der Waals surface area contributed by atoms with Crippen molar-refractivity contribution in [2.45, 2.75) is 22.6 Å². The van der Waals surface area contributed by atoms with Crippen LogP contribution in [0.2, 0.25) is 0 Å². The van der Waals surface area contributed by atoms with Gasteiger partial charge in [0.05, 0.1) is 6.21 Å². The molecule has 1 N–H and O–H groups in total. The maximum atomic E-state index is 12.4. The Balaban J connectivity index is 1.39. The second-order valence-electron chi connectivity index (χ2n) is 6.89. The fourth-order valence-electron chi connectivity index (χ4n) is 3.32. The number of nitrogens with zero attached hydrogens (tertiary/aromatic N) is 2. The largest absolute Gasteiger partial charge is 0.372 e. The normalized spacial score (nSPS) is 13.7. The molecule has 4 nitrogen and oxygen atoms in total. The fraction of sp³-hybridized carbons (Fsp3) is 0.167. The molecule has 0 unspecified atom stereocenters. The number of carbonyl (C=O) groups is 1. The zero-order valence-corrected chi connectivity index (χ0v) is 16.9. The zero-order valence-electron chi connectivity index (χ0n) is 16.1. The lowest BCUT2D eigenvalue weighted by Crippen LogP contribution is -2.19. The van der Waals surface area contributed by atoms with Gasteiger partial charge in [-0.2, -0.15) is 5.10 Å². The second kappa shape index (κ2) is 9.43. The minimum Gasteiger partial charge on any atom is -0.372 e. The van der Waals surface area contributed by atoms with Crippen LogP contribution in [-0.2, 0) is 0 Å². The smallest absolute Gasteiger partial charge is 0.271 e. The summed E-state index contributed by atoms with van der Waals surface area (Å²) in [6.45, 7) is 2.19. The Morgan fingerprint density at radius 3 is 2.34 bits per heavy atom. The van der Waals surface area contributed by atoms with Crippen LogP contribution in [0.15, 0.2) is 93.8 Å². The number of amides is 1. The summed E-state index contributed by atoms with van der Waals surface area (Å²) in [5.41, 5.74) is 5.38. The third-order valence-corrected chi connectivity index (χ3v) is 5.96. The molecule has 146 valence electrons. The number of anilines is 1. The van der Waals surface area contributed by atoms with Gasteiger partial charge in [0.25, 0.3) is 5.91 Å². The number of hydrazone groups is 1. The highest BCUT2D eigenvalue weighted by Crippen LogP contribution is 2.29. The summed E-state index contributed by atoms with van der Waals surface area (Å²) in [5, 5.41) is 4.17. The van der Waals surface area contributed by atoms with E-state index >= 15 is 0 Å². The predicted molar refractivity (Wildman–Crippen MR) is 120 cm³/mol. The SMILES string of the molecule is O=C(N/N=C\c1ccccc1Sc1ccccc1)c1ccc(N2CCCC2)cc1. The van der Waals surface area contributed by atoms with Crippen molar-refractivity contribution in [3.8, 4) is 0 Å². The van der Waals surface area contributed by atoms with E-state index in [2.05, 4.69) is 33.6 Å². The second-order valence-corrected chi connectivity index (χ2v) is 8.01. The molecule has 4 rings (SSSR count). The number of hydrogen-bond acceptors (Lipinski definition) is 4. The molecule has 1 aliphatic heterocycles. The Bertz CT molecular complexity index is 981. The number of benzene rings is 3. The van der Waals surface area contributed by atoms with Gasteiger partial charge in [-0.05, 0) is 55.3 Å². The van der Waals surface area contributed by atoms with Gasteiger partial charge in [-0.3, -0.25) is 4.79 Å². The van der Waals surface area contributed by atoms with E-state index in [1.54, 1.807) is 18.0 Å². The monoisotopic (exact) mass is 401 g/mol.